The molecule has 152 valence electrons. The topological polar surface area (TPSA) is 56.2 Å². The number of benzene rings is 2. The molecule has 0 bridgehead atoms. The van der Waals surface area contributed by atoms with E-state index < -0.39 is 0 Å². The lowest BCUT2D eigenvalue weighted by Gasteiger charge is -2.16. The molecule has 3 aromatic rings. The number of fused-ring (bicyclic) bond motifs is 1. The minimum absolute atomic E-state index is 0.158. The molecule has 1 aromatic heterocycles. The number of hydrogen-bond donors (Lipinski definition) is 1. The van der Waals surface area contributed by atoms with E-state index in [0.29, 0.717) is 12.2 Å². The predicted octanol–water partition coefficient (Wildman–Crippen LogP) is 4.88. The predicted molar refractivity (Wildman–Crippen MR) is 117 cm³/mol. The highest BCUT2D eigenvalue weighted by Crippen LogP contribution is 2.22. The summed E-state index contributed by atoms with van der Waals surface area (Å²) in [6.07, 6.45) is 0.835. The van der Waals surface area contributed by atoms with Crippen molar-refractivity contribution in [2.75, 3.05) is 6.61 Å². The molecule has 0 aliphatic rings. The Labute approximate surface area is 172 Å². The van der Waals surface area contributed by atoms with Gasteiger partial charge in [0.2, 0.25) is 5.91 Å². The van der Waals surface area contributed by atoms with Crippen LogP contribution in [0.25, 0.3) is 11.0 Å². The van der Waals surface area contributed by atoms with Gasteiger partial charge in [-0.1, -0.05) is 24.8 Å². The number of para-hydroxylation sites is 2. The molecule has 5 nitrogen and oxygen atoms in total. The molecule has 1 atom stereocenters. The van der Waals surface area contributed by atoms with E-state index in [9.17, 15) is 4.79 Å². The number of carbonyl (C=O) groups excluding carboxylic acids is 1. The van der Waals surface area contributed by atoms with Crippen molar-refractivity contribution in [3.8, 4) is 5.75 Å². The summed E-state index contributed by atoms with van der Waals surface area (Å²) in [6, 6.07) is 14.1. The third-order valence-corrected chi connectivity index (χ3v) is 4.80. The fraction of sp³-hybridized carbons (Fsp3) is 0.333. The van der Waals surface area contributed by atoms with Crippen molar-refractivity contribution >= 4 is 16.9 Å². The summed E-state index contributed by atoms with van der Waals surface area (Å²) in [5, 5.41) is 2.97. The Bertz CT molecular complexity index is 1020. The van der Waals surface area contributed by atoms with Crippen molar-refractivity contribution in [2.45, 2.75) is 46.7 Å². The number of nitrogens with zero attached hydrogens (tertiary/aromatic N) is 2. The van der Waals surface area contributed by atoms with Gasteiger partial charge in [0.05, 0.1) is 23.7 Å². The van der Waals surface area contributed by atoms with Crippen LogP contribution in [0, 0.1) is 13.8 Å². The van der Waals surface area contributed by atoms with Gasteiger partial charge in [0.15, 0.2) is 0 Å². The first-order chi connectivity index (χ1) is 13.8. The average molecular weight is 392 g/mol. The van der Waals surface area contributed by atoms with Crippen molar-refractivity contribution < 1.29 is 9.53 Å². The van der Waals surface area contributed by atoms with Crippen molar-refractivity contribution in [1.29, 1.82) is 0 Å². The van der Waals surface area contributed by atoms with E-state index in [0.717, 1.165) is 35.6 Å². The highest BCUT2D eigenvalue weighted by atomic mass is 16.5. The number of aromatic nitrogens is 2. The number of imidazole rings is 1. The lowest BCUT2D eigenvalue weighted by Crippen LogP contribution is -2.29. The van der Waals surface area contributed by atoms with E-state index in [-0.39, 0.29) is 11.9 Å². The van der Waals surface area contributed by atoms with E-state index in [1.54, 1.807) is 6.92 Å². The largest absolute Gasteiger partial charge is 0.494 e. The molecule has 1 heterocycles. The first-order valence-electron chi connectivity index (χ1n) is 9.98. The molecule has 1 unspecified atom stereocenters. The molecule has 0 aliphatic carbocycles. The van der Waals surface area contributed by atoms with Crippen LogP contribution in [-0.4, -0.2) is 22.1 Å². The lowest BCUT2D eigenvalue weighted by atomic mass is 10.1. The van der Waals surface area contributed by atoms with Crippen molar-refractivity contribution in [1.82, 2.24) is 14.9 Å². The normalized spacial score (nSPS) is 12.0. The van der Waals surface area contributed by atoms with Crippen LogP contribution in [-0.2, 0) is 11.3 Å². The Kier molecular flexibility index (Phi) is 6.37. The minimum atomic E-state index is -0.216. The van der Waals surface area contributed by atoms with Crippen LogP contribution in [0.2, 0.25) is 0 Å². The van der Waals surface area contributed by atoms with Gasteiger partial charge in [-0.05, 0) is 69.5 Å². The summed E-state index contributed by atoms with van der Waals surface area (Å²) in [7, 11) is 0. The third-order valence-electron chi connectivity index (χ3n) is 4.80. The summed E-state index contributed by atoms with van der Waals surface area (Å²) in [4.78, 5) is 16.8. The van der Waals surface area contributed by atoms with E-state index >= 15 is 0 Å². The van der Waals surface area contributed by atoms with E-state index in [1.165, 1.54) is 11.1 Å². The van der Waals surface area contributed by atoms with E-state index in [4.69, 9.17) is 9.72 Å². The van der Waals surface area contributed by atoms with Crippen molar-refractivity contribution in [2.24, 2.45) is 0 Å². The number of amides is 1. The zero-order valence-corrected chi connectivity index (χ0v) is 17.7. The average Bonchev–Trinajstić information content (AvgIpc) is 3.03. The second kappa shape index (κ2) is 8.95. The zero-order chi connectivity index (χ0) is 21.0. The maximum atomic E-state index is 12.1. The Balaban J connectivity index is 1.73. The van der Waals surface area contributed by atoms with Crippen LogP contribution in [0.5, 0.6) is 5.75 Å². The monoisotopic (exact) mass is 391 g/mol. The summed E-state index contributed by atoms with van der Waals surface area (Å²) in [6.45, 7) is 12.9. The second-order valence-corrected chi connectivity index (χ2v) is 7.61. The number of hydrogen-bond acceptors (Lipinski definition) is 3. The molecule has 0 spiro atoms. The number of nitrogens with one attached hydrogen (secondary N) is 1. The molecule has 0 saturated carbocycles. The lowest BCUT2D eigenvalue weighted by molar-refractivity contribution is -0.118. The summed E-state index contributed by atoms with van der Waals surface area (Å²) in [5.74, 6) is 1.58. The van der Waals surface area contributed by atoms with Crippen LogP contribution >= 0.6 is 0 Å². The number of ether oxygens (including phenoxy) is 1. The SMILES string of the molecule is C=C(C)C(=O)NC(C)c1nc2ccccc2n1CCCOc1cc(C)cc(C)c1. The van der Waals surface area contributed by atoms with Gasteiger partial charge < -0.3 is 14.6 Å². The Morgan fingerprint density at radius 1 is 1.21 bits per heavy atom. The summed E-state index contributed by atoms with van der Waals surface area (Å²) in [5.41, 5.74) is 4.87. The fourth-order valence-corrected chi connectivity index (χ4v) is 3.47. The zero-order valence-electron chi connectivity index (χ0n) is 17.7. The van der Waals surface area contributed by atoms with Gasteiger partial charge in [-0.15, -0.1) is 0 Å². The molecule has 0 radical (unpaired) electrons. The fourth-order valence-electron chi connectivity index (χ4n) is 3.47. The van der Waals surface area contributed by atoms with Gasteiger partial charge in [0.25, 0.3) is 0 Å². The number of aryl methyl sites for hydroxylation is 3. The molecular weight excluding hydrogens is 362 g/mol. The third kappa shape index (κ3) is 5.05. The standard InChI is InChI=1S/C24H29N3O2/c1-16(2)24(28)25-19(5)23-26-21-9-6-7-10-22(21)27(23)11-8-12-29-20-14-17(3)13-18(4)15-20/h6-7,9-10,13-15,19H,1,8,11-12H2,2-5H3,(H,25,28). The maximum Gasteiger partial charge on any atom is 0.246 e. The number of rotatable bonds is 8. The van der Waals surface area contributed by atoms with Crippen molar-refractivity contribution in [3.05, 3.63) is 71.6 Å². The van der Waals surface area contributed by atoms with Gasteiger partial charge >= 0.3 is 0 Å². The van der Waals surface area contributed by atoms with Crippen molar-refractivity contribution in [3.63, 3.8) is 0 Å². The molecule has 0 aliphatic heterocycles. The molecule has 1 N–H and O–H groups in total. The highest BCUT2D eigenvalue weighted by molar-refractivity contribution is 5.92. The molecular formula is C24H29N3O2. The van der Waals surface area contributed by atoms with E-state index in [2.05, 4.69) is 54.6 Å². The summed E-state index contributed by atoms with van der Waals surface area (Å²) < 4.78 is 8.13. The van der Waals surface area contributed by atoms with Crippen LogP contribution in [0.3, 0.4) is 0 Å². The highest BCUT2D eigenvalue weighted by Gasteiger charge is 2.18. The van der Waals surface area contributed by atoms with Crippen LogP contribution in [0.4, 0.5) is 0 Å². The molecule has 1 amide bonds. The van der Waals surface area contributed by atoms with Crippen LogP contribution < -0.4 is 10.1 Å². The Hall–Kier alpha value is -3.08. The summed E-state index contributed by atoms with van der Waals surface area (Å²) >= 11 is 0. The quantitative estimate of drug-likeness (QED) is 0.440. The maximum absolute atomic E-state index is 12.1. The molecule has 0 saturated heterocycles. The molecule has 2 aromatic carbocycles. The minimum Gasteiger partial charge on any atom is -0.494 e. The van der Waals surface area contributed by atoms with Crippen LogP contribution in [0.1, 0.15) is 43.3 Å². The van der Waals surface area contributed by atoms with E-state index in [1.807, 2.05) is 25.1 Å². The van der Waals surface area contributed by atoms with Gasteiger partial charge in [-0.3, -0.25) is 4.79 Å². The van der Waals surface area contributed by atoms with Gasteiger partial charge in [0, 0.05) is 12.1 Å². The molecule has 5 heteroatoms. The molecule has 29 heavy (non-hydrogen) atoms. The molecule has 3 rings (SSSR count). The Morgan fingerprint density at radius 3 is 2.59 bits per heavy atom. The van der Waals surface area contributed by atoms with Gasteiger partial charge in [0.1, 0.15) is 11.6 Å². The first kappa shape index (κ1) is 20.6. The molecule has 0 fully saturated rings. The van der Waals surface area contributed by atoms with Gasteiger partial charge in [-0.25, -0.2) is 4.98 Å². The van der Waals surface area contributed by atoms with Crippen LogP contribution in [0.15, 0.2) is 54.6 Å². The smallest absolute Gasteiger partial charge is 0.246 e. The Morgan fingerprint density at radius 2 is 1.90 bits per heavy atom. The van der Waals surface area contributed by atoms with Gasteiger partial charge in [-0.2, -0.15) is 0 Å². The first-order valence-corrected chi connectivity index (χ1v) is 9.98. The second-order valence-electron chi connectivity index (χ2n) is 7.61. The number of carbonyl (C=O) groups is 1.